The molecule has 1 fully saturated rings. The van der Waals surface area contributed by atoms with Gasteiger partial charge in [-0.25, -0.2) is 8.42 Å². The van der Waals surface area contributed by atoms with Gasteiger partial charge in [0, 0.05) is 29.3 Å². The SMILES string of the molecule is Cc1ccc(C)c(S(=O)(=O)C2(C(=O)Nc3cccc(NC(=O)c4ccncc4)c3)CCCC2)c1. The molecule has 1 aromatic heterocycles. The second-order valence-electron chi connectivity index (χ2n) is 8.70. The summed E-state index contributed by atoms with van der Waals surface area (Å²) in [4.78, 5) is 30.1. The largest absolute Gasteiger partial charge is 0.325 e. The smallest absolute Gasteiger partial charge is 0.255 e. The number of benzene rings is 2. The van der Waals surface area contributed by atoms with Gasteiger partial charge in [-0.1, -0.05) is 31.0 Å². The Balaban J connectivity index is 1.60. The predicted molar refractivity (Wildman–Crippen MR) is 132 cm³/mol. The zero-order valence-corrected chi connectivity index (χ0v) is 20.0. The molecule has 2 amide bonds. The zero-order chi connectivity index (χ0) is 24.3. The Labute approximate surface area is 199 Å². The third-order valence-electron chi connectivity index (χ3n) is 6.29. The summed E-state index contributed by atoms with van der Waals surface area (Å²) in [5.41, 5.74) is 2.81. The normalized spacial score (nSPS) is 15.0. The van der Waals surface area contributed by atoms with Crippen LogP contribution in [-0.2, 0) is 14.6 Å². The molecule has 0 saturated heterocycles. The molecule has 1 heterocycles. The fourth-order valence-electron chi connectivity index (χ4n) is 4.40. The summed E-state index contributed by atoms with van der Waals surface area (Å²) < 4.78 is 26.1. The topological polar surface area (TPSA) is 105 Å². The molecule has 1 aliphatic carbocycles. The van der Waals surface area contributed by atoms with Crippen molar-refractivity contribution >= 4 is 33.0 Å². The van der Waals surface area contributed by atoms with Crippen LogP contribution in [0.3, 0.4) is 0 Å². The van der Waals surface area contributed by atoms with Crippen molar-refractivity contribution in [2.45, 2.75) is 49.2 Å². The van der Waals surface area contributed by atoms with Crippen LogP contribution in [0.1, 0.15) is 47.2 Å². The fraction of sp³-hybridized carbons (Fsp3) is 0.269. The molecular formula is C26H27N3O4S. The lowest BCUT2D eigenvalue weighted by atomic mass is 10.1. The Morgan fingerprint density at radius 2 is 1.53 bits per heavy atom. The Morgan fingerprint density at radius 3 is 2.21 bits per heavy atom. The zero-order valence-electron chi connectivity index (χ0n) is 19.2. The first-order valence-corrected chi connectivity index (χ1v) is 12.7. The van der Waals surface area contributed by atoms with Gasteiger partial charge < -0.3 is 10.6 Å². The molecule has 8 heteroatoms. The van der Waals surface area contributed by atoms with Crippen molar-refractivity contribution in [3.05, 3.63) is 83.7 Å². The Morgan fingerprint density at radius 1 is 0.882 bits per heavy atom. The highest BCUT2D eigenvalue weighted by atomic mass is 32.2. The Hall–Kier alpha value is -3.52. The lowest BCUT2D eigenvalue weighted by Gasteiger charge is -2.28. The van der Waals surface area contributed by atoms with Crippen LogP contribution in [0, 0.1) is 13.8 Å². The molecule has 2 N–H and O–H groups in total. The molecule has 0 unspecified atom stereocenters. The van der Waals surface area contributed by atoms with Gasteiger partial charge in [0.1, 0.15) is 0 Å². The summed E-state index contributed by atoms with van der Waals surface area (Å²) in [5, 5.41) is 5.59. The molecule has 2 aromatic carbocycles. The number of amides is 2. The number of anilines is 2. The number of hydrogen-bond acceptors (Lipinski definition) is 5. The second kappa shape index (κ2) is 9.38. The van der Waals surface area contributed by atoms with E-state index in [1.165, 1.54) is 12.4 Å². The molecular weight excluding hydrogens is 450 g/mol. The number of nitrogens with one attached hydrogen (secondary N) is 2. The number of nitrogens with zero attached hydrogens (tertiary/aromatic N) is 1. The lowest BCUT2D eigenvalue weighted by molar-refractivity contribution is -0.118. The highest BCUT2D eigenvalue weighted by molar-refractivity contribution is 7.93. The van der Waals surface area contributed by atoms with Gasteiger partial charge in [0.2, 0.25) is 5.91 Å². The van der Waals surface area contributed by atoms with Crippen molar-refractivity contribution in [1.29, 1.82) is 0 Å². The predicted octanol–water partition coefficient (Wildman–Crippen LogP) is 4.68. The average Bonchev–Trinajstić information content (AvgIpc) is 3.33. The molecule has 0 bridgehead atoms. The van der Waals surface area contributed by atoms with E-state index >= 15 is 0 Å². The third-order valence-corrected chi connectivity index (χ3v) is 8.93. The van der Waals surface area contributed by atoms with Gasteiger partial charge in [-0.05, 0) is 74.2 Å². The maximum Gasteiger partial charge on any atom is 0.255 e. The van der Waals surface area contributed by atoms with Crippen LogP contribution in [0.4, 0.5) is 11.4 Å². The van der Waals surface area contributed by atoms with Crippen LogP contribution in [0.15, 0.2) is 71.9 Å². The van der Waals surface area contributed by atoms with Crippen LogP contribution < -0.4 is 10.6 Å². The van der Waals surface area contributed by atoms with Gasteiger partial charge in [0.25, 0.3) is 5.91 Å². The maximum atomic E-state index is 13.8. The first-order chi connectivity index (χ1) is 16.2. The van der Waals surface area contributed by atoms with Crippen LogP contribution in [0.25, 0.3) is 0 Å². The van der Waals surface area contributed by atoms with Gasteiger partial charge in [-0.3, -0.25) is 14.6 Å². The number of pyridine rings is 1. The summed E-state index contributed by atoms with van der Waals surface area (Å²) in [6.45, 7) is 3.59. The van der Waals surface area contributed by atoms with Crippen LogP contribution in [-0.4, -0.2) is 30.0 Å². The summed E-state index contributed by atoms with van der Waals surface area (Å²) in [5.74, 6) is -0.848. The highest BCUT2D eigenvalue weighted by Gasteiger charge is 2.53. The molecule has 0 atom stereocenters. The number of hydrogen-bond donors (Lipinski definition) is 2. The first-order valence-electron chi connectivity index (χ1n) is 11.2. The molecule has 1 aliphatic rings. The summed E-state index contributed by atoms with van der Waals surface area (Å²) in [6, 6.07) is 15.2. The van der Waals surface area contributed by atoms with Gasteiger partial charge in [-0.15, -0.1) is 0 Å². The molecule has 1 saturated carbocycles. The molecule has 176 valence electrons. The lowest BCUT2D eigenvalue weighted by Crippen LogP contribution is -2.47. The molecule has 34 heavy (non-hydrogen) atoms. The Kier molecular flexibility index (Phi) is 6.52. The van der Waals surface area contributed by atoms with Crippen molar-refractivity contribution < 1.29 is 18.0 Å². The minimum Gasteiger partial charge on any atom is -0.325 e. The van der Waals surface area contributed by atoms with Gasteiger partial charge in [-0.2, -0.15) is 0 Å². The van der Waals surface area contributed by atoms with Gasteiger partial charge >= 0.3 is 0 Å². The minimum absolute atomic E-state index is 0.211. The molecule has 3 aromatic rings. The van der Waals surface area contributed by atoms with E-state index in [9.17, 15) is 18.0 Å². The number of aryl methyl sites for hydroxylation is 2. The van der Waals surface area contributed by atoms with E-state index in [4.69, 9.17) is 0 Å². The summed E-state index contributed by atoms with van der Waals surface area (Å²) in [7, 11) is -3.93. The van der Waals surface area contributed by atoms with Crippen LogP contribution in [0.2, 0.25) is 0 Å². The highest BCUT2D eigenvalue weighted by Crippen LogP contribution is 2.42. The van der Waals surface area contributed by atoms with Gasteiger partial charge in [0.05, 0.1) is 4.90 Å². The number of sulfone groups is 1. The molecule has 4 rings (SSSR count). The van der Waals surface area contributed by atoms with Crippen molar-refractivity contribution in [3.8, 4) is 0 Å². The standard InChI is InChI=1S/C26H27N3O4S/c1-18-8-9-19(2)23(16-18)34(32,33)26(12-3-4-13-26)25(31)29-22-7-5-6-21(17-22)28-24(30)20-10-14-27-15-11-20/h5-11,14-17H,3-4,12-13H2,1-2H3,(H,28,30)(H,29,31). The van der Waals surface area contributed by atoms with Crippen molar-refractivity contribution in [1.82, 2.24) is 4.98 Å². The van der Waals surface area contributed by atoms with Crippen LogP contribution in [0.5, 0.6) is 0 Å². The molecule has 0 spiro atoms. The van der Waals surface area contributed by atoms with Gasteiger partial charge in [0.15, 0.2) is 14.6 Å². The first kappa shape index (κ1) is 23.6. The Bertz CT molecular complexity index is 1330. The van der Waals surface area contributed by atoms with Crippen molar-refractivity contribution in [2.24, 2.45) is 0 Å². The quantitative estimate of drug-likeness (QED) is 0.536. The monoisotopic (exact) mass is 477 g/mol. The number of carbonyl (C=O) groups is 2. The maximum absolute atomic E-state index is 13.8. The molecule has 0 aliphatic heterocycles. The number of aromatic nitrogens is 1. The van der Waals surface area contributed by atoms with Crippen molar-refractivity contribution in [2.75, 3.05) is 10.6 Å². The van der Waals surface area contributed by atoms with Crippen molar-refractivity contribution in [3.63, 3.8) is 0 Å². The van der Waals surface area contributed by atoms with E-state index in [-0.39, 0.29) is 23.6 Å². The fourth-order valence-corrected chi connectivity index (χ4v) is 6.77. The van der Waals surface area contributed by atoms with E-state index in [2.05, 4.69) is 15.6 Å². The minimum atomic E-state index is -3.93. The summed E-state index contributed by atoms with van der Waals surface area (Å²) in [6.07, 6.45) is 4.94. The number of rotatable bonds is 6. The summed E-state index contributed by atoms with van der Waals surface area (Å²) >= 11 is 0. The van der Waals surface area contributed by atoms with E-state index in [1.807, 2.05) is 13.0 Å². The van der Waals surface area contributed by atoms with E-state index in [1.54, 1.807) is 55.5 Å². The van der Waals surface area contributed by atoms with Crippen LogP contribution >= 0.6 is 0 Å². The average molecular weight is 478 g/mol. The van der Waals surface area contributed by atoms with E-state index in [0.717, 1.165) is 5.56 Å². The third kappa shape index (κ3) is 4.46. The number of carbonyl (C=O) groups excluding carboxylic acids is 2. The van der Waals surface area contributed by atoms with E-state index in [0.29, 0.717) is 35.3 Å². The second-order valence-corrected chi connectivity index (χ2v) is 10.9. The van der Waals surface area contributed by atoms with E-state index < -0.39 is 20.5 Å². The molecule has 7 nitrogen and oxygen atoms in total. The molecule has 0 radical (unpaired) electrons.